The van der Waals surface area contributed by atoms with Crippen molar-refractivity contribution in [2.45, 2.75) is 6.42 Å². The van der Waals surface area contributed by atoms with Crippen LogP contribution in [0.2, 0.25) is 0 Å². The van der Waals surface area contributed by atoms with E-state index in [1.165, 1.54) is 0 Å². The standard InChI is InChI=1S/C4H4N2O3/c7-3-1-2-6(9)4(8)5-3/h1-2H2/p+1. The summed E-state index contributed by atoms with van der Waals surface area (Å²) >= 11 is 0. The molecule has 0 aromatic rings. The summed E-state index contributed by atoms with van der Waals surface area (Å²) in [6, 6.07) is -0.855. The molecule has 1 saturated heterocycles. The first-order valence-electron chi connectivity index (χ1n) is 2.48. The third-order valence-electron chi connectivity index (χ3n) is 1.01. The molecule has 0 saturated carbocycles. The van der Waals surface area contributed by atoms with E-state index in [2.05, 4.69) is 0 Å². The Bertz CT molecular complexity index is 186. The lowest BCUT2D eigenvalue weighted by Gasteiger charge is -1.99. The number of hydrogen-bond donors (Lipinski definition) is 1. The van der Waals surface area contributed by atoms with Gasteiger partial charge >= 0.3 is 11.9 Å². The summed E-state index contributed by atoms with van der Waals surface area (Å²) in [7, 11) is 0. The number of amides is 3. The van der Waals surface area contributed by atoms with Crippen molar-refractivity contribution in [3.63, 3.8) is 0 Å². The molecule has 0 aromatic heterocycles. The van der Waals surface area contributed by atoms with Crippen molar-refractivity contribution in [1.29, 1.82) is 0 Å². The zero-order chi connectivity index (χ0) is 6.85. The van der Waals surface area contributed by atoms with Crippen LogP contribution in [0.25, 0.3) is 0 Å². The van der Waals surface area contributed by atoms with Crippen molar-refractivity contribution < 1.29 is 14.3 Å². The third kappa shape index (κ3) is 1.10. The second kappa shape index (κ2) is 1.93. The number of imide groups is 1. The van der Waals surface area contributed by atoms with Gasteiger partial charge in [0, 0.05) is 4.76 Å². The number of hydrogen-bond acceptors (Lipinski definition) is 3. The normalized spacial score (nSPS) is 19.8. The average Bonchev–Trinajstić information content (AvgIpc) is 1.80. The molecule has 48 valence electrons. The van der Waals surface area contributed by atoms with Gasteiger partial charge in [-0.3, -0.25) is 0 Å². The maximum atomic E-state index is 10.3. The van der Waals surface area contributed by atoms with Crippen LogP contribution >= 0.6 is 0 Å². The molecule has 1 aliphatic rings. The maximum Gasteiger partial charge on any atom is 0.536 e. The molecule has 9 heavy (non-hydrogen) atoms. The molecule has 5 nitrogen and oxygen atoms in total. The van der Waals surface area contributed by atoms with E-state index in [-0.39, 0.29) is 23.6 Å². The Labute approximate surface area is 50.6 Å². The van der Waals surface area contributed by atoms with Gasteiger partial charge in [-0.15, -0.1) is 0 Å². The highest BCUT2D eigenvalue weighted by Crippen LogP contribution is 1.90. The Kier molecular flexibility index (Phi) is 1.26. The first-order valence-corrected chi connectivity index (χ1v) is 2.48. The van der Waals surface area contributed by atoms with E-state index in [1.807, 2.05) is 5.32 Å². The van der Waals surface area contributed by atoms with Gasteiger partial charge in [-0.25, -0.2) is 4.79 Å². The van der Waals surface area contributed by atoms with Crippen LogP contribution in [-0.2, 0) is 4.79 Å². The zero-order valence-corrected chi connectivity index (χ0v) is 4.59. The summed E-state index contributed by atoms with van der Waals surface area (Å²) in [6.07, 6.45) is 0.106. The van der Waals surface area contributed by atoms with Gasteiger partial charge in [-0.2, -0.15) is 10.1 Å². The Morgan fingerprint density at radius 2 is 2.11 bits per heavy atom. The molecule has 0 unspecified atom stereocenters. The quantitative estimate of drug-likeness (QED) is 0.444. The second-order valence-corrected chi connectivity index (χ2v) is 1.71. The summed E-state index contributed by atoms with van der Waals surface area (Å²) in [5, 5.41) is 1.86. The molecule has 1 heterocycles. The van der Waals surface area contributed by atoms with E-state index in [1.54, 1.807) is 0 Å². The molecule has 3 amide bonds. The van der Waals surface area contributed by atoms with Crippen molar-refractivity contribution >= 4 is 11.9 Å². The predicted molar refractivity (Wildman–Crippen MR) is 26.7 cm³/mol. The van der Waals surface area contributed by atoms with Gasteiger partial charge in [0.1, 0.15) is 6.54 Å². The van der Waals surface area contributed by atoms with Crippen molar-refractivity contribution in [2.24, 2.45) is 0 Å². The van der Waals surface area contributed by atoms with Crippen LogP contribution in [0.5, 0.6) is 0 Å². The minimum Gasteiger partial charge on any atom is -0.247 e. The third-order valence-corrected chi connectivity index (χ3v) is 1.01. The number of nitrogens with zero attached hydrogens (tertiary/aromatic N) is 1. The first-order chi connectivity index (χ1) is 4.20. The van der Waals surface area contributed by atoms with E-state index in [4.69, 9.17) is 0 Å². The highest BCUT2D eigenvalue weighted by Gasteiger charge is 2.29. The van der Waals surface area contributed by atoms with Crippen LogP contribution in [0.3, 0.4) is 0 Å². The topological polar surface area (TPSA) is 66.2 Å². The minimum atomic E-state index is -0.855. The van der Waals surface area contributed by atoms with Gasteiger partial charge in [0.2, 0.25) is 0 Å². The molecule has 0 atom stereocenters. The molecular formula is C4H5N2O3+. The van der Waals surface area contributed by atoms with Crippen molar-refractivity contribution in [1.82, 2.24) is 5.32 Å². The van der Waals surface area contributed by atoms with Gasteiger partial charge in [-0.05, 0) is 0 Å². The Hall–Kier alpha value is -1.26. The van der Waals surface area contributed by atoms with Gasteiger partial charge in [0.05, 0.1) is 6.42 Å². The summed E-state index contributed by atoms with van der Waals surface area (Å²) in [6.45, 7) is -0.0231. The number of urea groups is 1. The van der Waals surface area contributed by atoms with Crippen LogP contribution in [0.4, 0.5) is 4.79 Å². The molecule has 0 spiro atoms. The minimum absolute atomic E-state index is 0.0231. The Morgan fingerprint density at radius 3 is 2.56 bits per heavy atom. The van der Waals surface area contributed by atoms with Crippen molar-refractivity contribution in [3.8, 4) is 0 Å². The van der Waals surface area contributed by atoms with Crippen LogP contribution in [0.1, 0.15) is 6.42 Å². The van der Waals surface area contributed by atoms with Crippen LogP contribution in [0.15, 0.2) is 0 Å². The SMILES string of the molecule is O=C1CC[N+](=O)C(=O)N1. The molecule has 0 aromatic carbocycles. The first kappa shape index (κ1) is 5.87. The molecular weight excluding hydrogens is 124 g/mol. The lowest BCUT2D eigenvalue weighted by Crippen LogP contribution is -2.43. The van der Waals surface area contributed by atoms with Gasteiger partial charge < -0.3 is 0 Å². The number of carbonyl (C=O) groups excluding carboxylic acids is 2. The molecule has 1 fully saturated rings. The maximum absolute atomic E-state index is 10.3. The molecule has 1 N–H and O–H groups in total. The summed E-state index contributed by atoms with van der Waals surface area (Å²) in [5.74, 6) is -0.382. The van der Waals surface area contributed by atoms with E-state index in [0.717, 1.165) is 0 Å². The number of nitroso groups, excluding NO2 is 1. The fourth-order valence-electron chi connectivity index (χ4n) is 0.549. The van der Waals surface area contributed by atoms with Crippen LogP contribution in [0, 0.1) is 4.91 Å². The average molecular weight is 129 g/mol. The fourth-order valence-corrected chi connectivity index (χ4v) is 0.549. The molecule has 0 bridgehead atoms. The van der Waals surface area contributed by atoms with Gasteiger partial charge in [0.15, 0.2) is 0 Å². The predicted octanol–water partition coefficient (Wildman–Crippen LogP) is -0.595. The summed E-state index contributed by atoms with van der Waals surface area (Å²) in [4.78, 5) is 30.9. The second-order valence-electron chi connectivity index (χ2n) is 1.71. The zero-order valence-electron chi connectivity index (χ0n) is 4.59. The van der Waals surface area contributed by atoms with Crippen LogP contribution in [-0.4, -0.2) is 23.2 Å². The molecule has 5 heteroatoms. The highest BCUT2D eigenvalue weighted by atomic mass is 16.3. The molecule has 1 aliphatic heterocycles. The van der Waals surface area contributed by atoms with Crippen LogP contribution < -0.4 is 5.32 Å². The fraction of sp³-hybridized carbons (Fsp3) is 0.500. The Morgan fingerprint density at radius 1 is 1.44 bits per heavy atom. The highest BCUT2D eigenvalue weighted by molar-refractivity contribution is 5.92. The van der Waals surface area contributed by atoms with Crippen molar-refractivity contribution in [2.75, 3.05) is 6.54 Å². The summed E-state index contributed by atoms with van der Waals surface area (Å²) < 4.78 is 0.224. The smallest absolute Gasteiger partial charge is 0.247 e. The van der Waals surface area contributed by atoms with E-state index >= 15 is 0 Å². The largest absolute Gasteiger partial charge is 0.536 e. The number of rotatable bonds is 0. The van der Waals surface area contributed by atoms with E-state index in [9.17, 15) is 14.5 Å². The number of carbonyl (C=O) groups is 2. The monoisotopic (exact) mass is 129 g/mol. The lowest BCUT2D eigenvalue weighted by molar-refractivity contribution is -0.453. The molecule has 1 rings (SSSR count). The van der Waals surface area contributed by atoms with Gasteiger partial charge in [0.25, 0.3) is 0 Å². The summed E-state index contributed by atoms with van der Waals surface area (Å²) in [5.41, 5.74) is 0. The van der Waals surface area contributed by atoms with Gasteiger partial charge in [-0.1, -0.05) is 4.91 Å². The van der Waals surface area contributed by atoms with E-state index < -0.39 is 6.03 Å². The van der Waals surface area contributed by atoms with E-state index in [0.29, 0.717) is 0 Å². The van der Waals surface area contributed by atoms with Crippen molar-refractivity contribution in [3.05, 3.63) is 4.91 Å². The molecule has 0 aliphatic carbocycles. The number of nitrogens with one attached hydrogen (secondary N) is 1. The lowest BCUT2D eigenvalue weighted by atomic mass is 10.3. The Balaban J connectivity index is 2.64. The molecule has 0 radical (unpaired) electrons.